The van der Waals surface area contributed by atoms with Gasteiger partial charge in [0.05, 0.1) is 4.90 Å². The second kappa shape index (κ2) is 7.93. The summed E-state index contributed by atoms with van der Waals surface area (Å²) in [5.74, 6) is -0.0525. The monoisotopic (exact) mass is 401 g/mol. The minimum atomic E-state index is -3.72. The number of sulfonamides is 1. The fourth-order valence-electron chi connectivity index (χ4n) is 3.46. The van der Waals surface area contributed by atoms with Crippen LogP contribution < -0.4 is 4.90 Å². The Kier molecular flexibility index (Phi) is 5.76. The van der Waals surface area contributed by atoms with Gasteiger partial charge in [-0.05, 0) is 36.8 Å². The summed E-state index contributed by atoms with van der Waals surface area (Å²) in [6.45, 7) is 4.38. The molecule has 1 heterocycles. The van der Waals surface area contributed by atoms with Crippen LogP contribution in [0.15, 0.2) is 53.4 Å². The molecule has 6 nitrogen and oxygen atoms in total. The Bertz CT molecular complexity index is 938. The maximum atomic E-state index is 13.3. The van der Waals surface area contributed by atoms with Gasteiger partial charge in [0, 0.05) is 39.3 Å². The van der Waals surface area contributed by atoms with Crippen molar-refractivity contribution in [1.82, 2.24) is 9.21 Å². The molecule has 1 saturated heterocycles. The van der Waals surface area contributed by atoms with E-state index in [0.717, 1.165) is 16.8 Å². The standard InChI is InChI=1S/C21H27N3O3S/c1-5-20(25)23-14-15-24(28(26,27)19-12-6-16(2)7-13-19)21(23)17-8-10-18(11-9-17)22(3)4/h6-13,21H,5,14-15H2,1-4H3/t21-/m1/s1. The first-order valence-corrected chi connectivity index (χ1v) is 10.8. The summed E-state index contributed by atoms with van der Waals surface area (Å²) in [5.41, 5.74) is 2.81. The van der Waals surface area contributed by atoms with Gasteiger partial charge in [-0.25, -0.2) is 8.42 Å². The van der Waals surface area contributed by atoms with Crippen molar-refractivity contribution < 1.29 is 13.2 Å². The highest BCUT2D eigenvalue weighted by molar-refractivity contribution is 7.89. The number of rotatable bonds is 5. The molecule has 0 spiro atoms. The zero-order valence-corrected chi connectivity index (χ0v) is 17.6. The van der Waals surface area contributed by atoms with Crippen LogP contribution in [0.3, 0.4) is 0 Å². The summed E-state index contributed by atoms with van der Waals surface area (Å²) in [7, 11) is 0.175. The van der Waals surface area contributed by atoms with Gasteiger partial charge in [0.2, 0.25) is 15.9 Å². The van der Waals surface area contributed by atoms with Crippen molar-refractivity contribution in [1.29, 1.82) is 0 Å². The van der Waals surface area contributed by atoms with E-state index >= 15 is 0 Å². The van der Waals surface area contributed by atoms with Crippen LogP contribution >= 0.6 is 0 Å². The molecular formula is C21H27N3O3S. The minimum Gasteiger partial charge on any atom is -0.378 e. The third-order valence-corrected chi connectivity index (χ3v) is 6.95. The number of benzene rings is 2. The second-order valence-corrected chi connectivity index (χ2v) is 9.12. The maximum Gasteiger partial charge on any atom is 0.245 e. The first kappa shape index (κ1) is 20.4. The average molecular weight is 402 g/mol. The zero-order chi connectivity index (χ0) is 20.5. The Morgan fingerprint density at radius 2 is 1.64 bits per heavy atom. The topological polar surface area (TPSA) is 60.9 Å². The van der Waals surface area contributed by atoms with E-state index in [2.05, 4.69) is 0 Å². The van der Waals surface area contributed by atoms with Gasteiger partial charge in [0.25, 0.3) is 0 Å². The number of anilines is 1. The number of carbonyl (C=O) groups is 1. The van der Waals surface area contributed by atoms with Gasteiger partial charge in [-0.3, -0.25) is 4.79 Å². The lowest BCUT2D eigenvalue weighted by Gasteiger charge is -2.30. The van der Waals surface area contributed by atoms with Crippen molar-refractivity contribution in [3.05, 3.63) is 59.7 Å². The van der Waals surface area contributed by atoms with Gasteiger partial charge < -0.3 is 9.80 Å². The number of hydrogen-bond acceptors (Lipinski definition) is 4. The molecule has 2 aromatic carbocycles. The SMILES string of the molecule is CCC(=O)N1CCN(S(=O)(=O)c2ccc(C)cc2)[C@@H]1c1ccc(N(C)C)cc1. The molecule has 0 aromatic heterocycles. The predicted octanol–water partition coefficient (Wildman–Crippen LogP) is 3.00. The molecule has 3 rings (SSSR count). The van der Waals surface area contributed by atoms with E-state index in [-0.39, 0.29) is 17.3 Å². The number of carbonyl (C=O) groups excluding carboxylic acids is 1. The second-order valence-electron chi connectivity index (χ2n) is 7.23. The van der Waals surface area contributed by atoms with E-state index in [0.29, 0.717) is 13.0 Å². The minimum absolute atomic E-state index is 0.0525. The molecule has 1 atom stereocenters. The smallest absolute Gasteiger partial charge is 0.245 e. The van der Waals surface area contributed by atoms with Gasteiger partial charge in [-0.2, -0.15) is 4.31 Å². The van der Waals surface area contributed by atoms with Crippen molar-refractivity contribution >= 4 is 21.6 Å². The fourth-order valence-corrected chi connectivity index (χ4v) is 5.03. The summed E-state index contributed by atoms with van der Waals surface area (Å²) < 4.78 is 28.1. The highest BCUT2D eigenvalue weighted by Crippen LogP contribution is 2.36. The van der Waals surface area contributed by atoms with E-state index < -0.39 is 16.2 Å². The number of amides is 1. The fraction of sp³-hybridized carbons (Fsp3) is 0.381. The number of aryl methyl sites for hydroxylation is 1. The van der Waals surface area contributed by atoms with Crippen LogP contribution in [-0.2, 0) is 14.8 Å². The van der Waals surface area contributed by atoms with Crippen LogP contribution in [0.5, 0.6) is 0 Å². The first-order chi connectivity index (χ1) is 13.3. The molecule has 0 saturated carbocycles. The number of hydrogen-bond donors (Lipinski definition) is 0. The zero-order valence-electron chi connectivity index (χ0n) is 16.8. The van der Waals surface area contributed by atoms with E-state index in [1.54, 1.807) is 36.1 Å². The van der Waals surface area contributed by atoms with Gasteiger partial charge in [0.1, 0.15) is 6.17 Å². The quantitative estimate of drug-likeness (QED) is 0.773. The molecule has 1 amide bonds. The Morgan fingerprint density at radius 1 is 1.04 bits per heavy atom. The molecule has 1 aliphatic rings. The summed E-state index contributed by atoms with van der Waals surface area (Å²) in [5, 5.41) is 0. The van der Waals surface area contributed by atoms with Crippen molar-refractivity contribution in [2.75, 3.05) is 32.1 Å². The largest absolute Gasteiger partial charge is 0.378 e. The average Bonchev–Trinajstić information content (AvgIpc) is 3.13. The Hall–Kier alpha value is -2.38. The summed E-state index contributed by atoms with van der Waals surface area (Å²) in [4.78, 5) is 16.4. The van der Waals surface area contributed by atoms with Crippen LogP contribution in [-0.4, -0.2) is 50.7 Å². The molecule has 0 unspecified atom stereocenters. The first-order valence-electron chi connectivity index (χ1n) is 9.41. The molecule has 28 heavy (non-hydrogen) atoms. The molecule has 1 fully saturated rings. The Morgan fingerprint density at radius 3 is 2.18 bits per heavy atom. The summed E-state index contributed by atoms with van der Waals surface area (Å²) in [6, 6.07) is 14.5. The van der Waals surface area contributed by atoms with E-state index in [1.807, 2.05) is 50.2 Å². The predicted molar refractivity (Wildman–Crippen MR) is 111 cm³/mol. The maximum absolute atomic E-state index is 13.3. The summed E-state index contributed by atoms with van der Waals surface area (Å²) >= 11 is 0. The van der Waals surface area contributed by atoms with Crippen LogP contribution in [0.1, 0.15) is 30.6 Å². The summed E-state index contributed by atoms with van der Waals surface area (Å²) in [6.07, 6.45) is -0.292. The molecule has 0 bridgehead atoms. The van der Waals surface area contributed by atoms with E-state index in [9.17, 15) is 13.2 Å². The Labute approximate surface area is 167 Å². The lowest BCUT2D eigenvalue weighted by atomic mass is 10.1. The van der Waals surface area contributed by atoms with Gasteiger partial charge in [0.15, 0.2) is 0 Å². The third-order valence-electron chi connectivity index (χ3n) is 5.09. The van der Waals surface area contributed by atoms with E-state index in [1.165, 1.54) is 4.31 Å². The lowest BCUT2D eigenvalue weighted by Crippen LogP contribution is -2.37. The van der Waals surface area contributed by atoms with Crippen molar-refractivity contribution in [3.8, 4) is 0 Å². The number of nitrogens with zero attached hydrogens (tertiary/aromatic N) is 3. The molecule has 2 aromatic rings. The van der Waals surface area contributed by atoms with Gasteiger partial charge in [-0.15, -0.1) is 0 Å². The van der Waals surface area contributed by atoms with Gasteiger partial charge in [-0.1, -0.05) is 36.8 Å². The Balaban J connectivity index is 2.03. The van der Waals surface area contributed by atoms with Crippen molar-refractivity contribution in [2.45, 2.75) is 31.3 Å². The van der Waals surface area contributed by atoms with Crippen LogP contribution in [0, 0.1) is 6.92 Å². The van der Waals surface area contributed by atoms with Crippen LogP contribution in [0.25, 0.3) is 0 Å². The van der Waals surface area contributed by atoms with E-state index in [4.69, 9.17) is 0 Å². The molecule has 1 aliphatic heterocycles. The van der Waals surface area contributed by atoms with Crippen molar-refractivity contribution in [3.63, 3.8) is 0 Å². The molecular weight excluding hydrogens is 374 g/mol. The molecule has 0 aliphatic carbocycles. The normalized spacial score (nSPS) is 17.7. The highest BCUT2D eigenvalue weighted by Gasteiger charge is 2.42. The van der Waals surface area contributed by atoms with Crippen molar-refractivity contribution in [2.24, 2.45) is 0 Å². The van der Waals surface area contributed by atoms with Gasteiger partial charge >= 0.3 is 0 Å². The molecule has 7 heteroatoms. The molecule has 0 radical (unpaired) electrons. The molecule has 0 N–H and O–H groups in total. The highest BCUT2D eigenvalue weighted by atomic mass is 32.2. The van der Waals surface area contributed by atoms with Crippen LogP contribution in [0.2, 0.25) is 0 Å². The lowest BCUT2D eigenvalue weighted by molar-refractivity contribution is -0.132. The third kappa shape index (κ3) is 3.77. The molecule has 150 valence electrons. The van der Waals surface area contributed by atoms with Crippen LogP contribution in [0.4, 0.5) is 5.69 Å².